The van der Waals surface area contributed by atoms with Gasteiger partial charge in [0.25, 0.3) is 0 Å². The van der Waals surface area contributed by atoms with Crippen LogP contribution in [-0.4, -0.2) is 87.1 Å². The molecule has 2 saturated heterocycles. The molecule has 6 atom stereocenters. The van der Waals surface area contributed by atoms with E-state index in [1.54, 1.807) is 9.80 Å². The normalized spacial score (nSPS) is 33.4. The van der Waals surface area contributed by atoms with E-state index in [2.05, 4.69) is 0 Å². The molecule has 8 nitrogen and oxygen atoms in total. The van der Waals surface area contributed by atoms with Crippen molar-refractivity contribution in [2.24, 2.45) is 11.8 Å². The average Bonchev–Trinajstić information content (AvgIpc) is 3.20. The molecule has 3 amide bonds. The zero-order valence-corrected chi connectivity index (χ0v) is 22.7. The van der Waals surface area contributed by atoms with Crippen LogP contribution in [-0.2, 0) is 19.1 Å². The van der Waals surface area contributed by atoms with E-state index in [0.717, 1.165) is 12.0 Å². The van der Waals surface area contributed by atoms with Crippen LogP contribution in [0.25, 0.3) is 0 Å². The number of amides is 3. The minimum Gasteiger partial charge on any atom is -0.394 e. The number of ether oxygens (including phenoxy) is 1. The van der Waals surface area contributed by atoms with Crippen LogP contribution in [0.3, 0.4) is 0 Å². The fraction of sp³-hybridized carbons (Fsp3) is 0.567. The molecule has 8 heteroatoms. The fourth-order valence-corrected chi connectivity index (χ4v) is 7.07. The van der Waals surface area contributed by atoms with Gasteiger partial charge in [-0.3, -0.25) is 14.4 Å². The molecule has 4 aliphatic rings. The fourth-order valence-electron chi connectivity index (χ4n) is 7.07. The van der Waals surface area contributed by atoms with Crippen molar-refractivity contribution in [1.82, 2.24) is 14.7 Å². The molecular formula is C30H39N3O5. The van der Waals surface area contributed by atoms with Crippen LogP contribution in [0.15, 0.2) is 54.6 Å². The number of carbonyl (C=O) groups is 3. The number of carbonyl (C=O) groups excluding carboxylic acids is 3. The summed E-state index contributed by atoms with van der Waals surface area (Å²) in [6.07, 6.45) is 9.00. The lowest BCUT2D eigenvalue weighted by Gasteiger charge is -2.41. The first kappa shape index (κ1) is 26.6. The van der Waals surface area contributed by atoms with E-state index in [9.17, 15) is 19.5 Å². The predicted octanol–water partition coefficient (Wildman–Crippen LogP) is 2.70. The number of rotatable bonds is 7. The molecule has 0 aromatic heterocycles. The second kappa shape index (κ2) is 9.97. The highest BCUT2D eigenvalue weighted by atomic mass is 16.5. The third kappa shape index (κ3) is 3.75. The van der Waals surface area contributed by atoms with E-state index in [4.69, 9.17) is 4.74 Å². The Morgan fingerprint density at radius 3 is 2.32 bits per heavy atom. The van der Waals surface area contributed by atoms with Gasteiger partial charge in [-0.1, -0.05) is 68.5 Å². The maximum Gasteiger partial charge on any atom is 0.249 e. The van der Waals surface area contributed by atoms with Crippen molar-refractivity contribution in [3.05, 3.63) is 60.2 Å². The Bertz CT molecular complexity index is 1150. The van der Waals surface area contributed by atoms with Gasteiger partial charge in [0, 0.05) is 25.7 Å². The summed E-state index contributed by atoms with van der Waals surface area (Å²) in [4.78, 5) is 48.2. The first-order valence-corrected chi connectivity index (χ1v) is 13.9. The van der Waals surface area contributed by atoms with Gasteiger partial charge in [-0.15, -0.1) is 0 Å². The van der Waals surface area contributed by atoms with Crippen molar-refractivity contribution < 1.29 is 24.2 Å². The van der Waals surface area contributed by atoms with Crippen molar-refractivity contribution in [3.8, 4) is 0 Å². The standard InChI is InChI=1S/C30H39N3O5/c1-5-16-31-17-10-14-29(6-2)23(26(31)35)24-27(36)33(22(19-34)21-12-8-7-9-13-21)25-28(37)32(20(3)4)18-11-15-30(24,25)38-29/h7-15,20,22-25,34H,5-6,16-19H2,1-4H3/t22-,23-,24+,25?,29+,30+/m1/s1. The number of aliphatic hydroxyl groups is 1. The van der Waals surface area contributed by atoms with Gasteiger partial charge >= 0.3 is 0 Å². The van der Waals surface area contributed by atoms with E-state index < -0.39 is 35.1 Å². The molecule has 5 rings (SSSR count). The highest BCUT2D eigenvalue weighted by Gasteiger charge is 2.76. The average molecular weight is 522 g/mol. The van der Waals surface area contributed by atoms with Crippen molar-refractivity contribution in [2.75, 3.05) is 26.2 Å². The predicted molar refractivity (Wildman–Crippen MR) is 143 cm³/mol. The van der Waals surface area contributed by atoms with Crippen molar-refractivity contribution in [3.63, 3.8) is 0 Å². The SMILES string of the molecule is CCCN1CC=C[C@]2(CC)O[C@]34C=CCN(C(C)C)C(=O)C3N([C@H](CO)c3ccccc3)C(=O)[C@@H]4[C@@H]2C1=O. The third-order valence-electron chi connectivity index (χ3n) is 8.80. The Labute approximate surface area is 224 Å². The lowest BCUT2D eigenvalue weighted by Crippen LogP contribution is -2.58. The Kier molecular flexibility index (Phi) is 6.99. The van der Waals surface area contributed by atoms with E-state index in [1.807, 2.05) is 82.3 Å². The van der Waals surface area contributed by atoms with Crippen LogP contribution in [0.4, 0.5) is 0 Å². The Morgan fingerprint density at radius 2 is 1.68 bits per heavy atom. The monoisotopic (exact) mass is 521 g/mol. The highest BCUT2D eigenvalue weighted by Crippen LogP contribution is 2.59. The smallest absolute Gasteiger partial charge is 0.249 e. The molecule has 1 spiro atoms. The highest BCUT2D eigenvalue weighted by molar-refractivity contribution is 6.00. The van der Waals surface area contributed by atoms with Crippen LogP contribution >= 0.6 is 0 Å². The lowest BCUT2D eigenvalue weighted by molar-refractivity contribution is -0.158. The molecule has 204 valence electrons. The maximum absolute atomic E-state index is 14.6. The second-order valence-electron chi connectivity index (χ2n) is 11.1. The van der Waals surface area contributed by atoms with Crippen molar-refractivity contribution in [1.29, 1.82) is 0 Å². The molecule has 0 bridgehead atoms. The number of aliphatic hydroxyl groups excluding tert-OH is 1. The molecule has 1 N–H and O–H groups in total. The quantitative estimate of drug-likeness (QED) is 0.558. The molecule has 0 saturated carbocycles. The Balaban J connectivity index is 1.72. The van der Waals surface area contributed by atoms with Crippen LogP contribution in [0.2, 0.25) is 0 Å². The van der Waals surface area contributed by atoms with Gasteiger partial charge in [-0.25, -0.2) is 0 Å². The molecule has 38 heavy (non-hydrogen) atoms. The van der Waals surface area contributed by atoms with Gasteiger partial charge in [0.05, 0.1) is 30.1 Å². The summed E-state index contributed by atoms with van der Waals surface area (Å²) in [6.45, 7) is 8.98. The summed E-state index contributed by atoms with van der Waals surface area (Å²) in [5.74, 6) is -2.30. The van der Waals surface area contributed by atoms with E-state index in [-0.39, 0.29) is 30.4 Å². The number of benzene rings is 1. The Hall–Kier alpha value is -2.97. The second-order valence-corrected chi connectivity index (χ2v) is 11.1. The van der Waals surface area contributed by atoms with Gasteiger partial charge in [-0.2, -0.15) is 0 Å². The van der Waals surface area contributed by atoms with Crippen LogP contribution < -0.4 is 0 Å². The molecule has 4 aliphatic heterocycles. The molecule has 0 radical (unpaired) electrons. The lowest BCUT2D eigenvalue weighted by atomic mass is 9.73. The molecule has 2 fully saturated rings. The summed E-state index contributed by atoms with van der Waals surface area (Å²) >= 11 is 0. The number of hydrogen-bond donors (Lipinski definition) is 1. The summed E-state index contributed by atoms with van der Waals surface area (Å²) < 4.78 is 6.99. The summed E-state index contributed by atoms with van der Waals surface area (Å²) in [5.41, 5.74) is -1.59. The van der Waals surface area contributed by atoms with Crippen LogP contribution in [0.1, 0.15) is 52.1 Å². The summed E-state index contributed by atoms with van der Waals surface area (Å²) in [5, 5.41) is 10.6. The topological polar surface area (TPSA) is 90.4 Å². The number of hydrogen-bond acceptors (Lipinski definition) is 5. The van der Waals surface area contributed by atoms with Gasteiger partial charge < -0.3 is 24.5 Å². The molecular weight excluding hydrogens is 482 g/mol. The van der Waals surface area contributed by atoms with E-state index >= 15 is 0 Å². The third-order valence-corrected chi connectivity index (χ3v) is 8.80. The first-order valence-electron chi connectivity index (χ1n) is 13.9. The number of likely N-dealkylation sites (tertiary alicyclic amines) is 1. The van der Waals surface area contributed by atoms with Gasteiger partial charge in [-0.05, 0) is 32.3 Å². The number of fused-ring (bicyclic) bond motifs is 2. The largest absolute Gasteiger partial charge is 0.394 e. The first-order chi connectivity index (χ1) is 18.3. The van der Waals surface area contributed by atoms with Gasteiger partial charge in [0.1, 0.15) is 11.6 Å². The molecule has 1 unspecified atom stereocenters. The van der Waals surface area contributed by atoms with Crippen LogP contribution in [0, 0.1) is 11.8 Å². The zero-order valence-electron chi connectivity index (χ0n) is 22.7. The minimum absolute atomic E-state index is 0.101. The molecule has 1 aromatic carbocycles. The summed E-state index contributed by atoms with van der Waals surface area (Å²) in [6, 6.07) is 7.43. The molecule has 1 aromatic rings. The van der Waals surface area contributed by atoms with Crippen LogP contribution in [0.5, 0.6) is 0 Å². The zero-order chi connectivity index (χ0) is 27.2. The minimum atomic E-state index is -1.32. The Morgan fingerprint density at radius 1 is 0.974 bits per heavy atom. The molecule has 4 heterocycles. The van der Waals surface area contributed by atoms with Gasteiger partial charge in [0.2, 0.25) is 17.7 Å². The van der Waals surface area contributed by atoms with E-state index in [1.165, 1.54) is 4.90 Å². The number of nitrogens with zero attached hydrogens (tertiary/aromatic N) is 3. The van der Waals surface area contributed by atoms with E-state index in [0.29, 0.717) is 26.1 Å². The maximum atomic E-state index is 14.6. The van der Waals surface area contributed by atoms with Crippen molar-refractivity contribution in [2.45, 2.75) is 69.9 Å². The molecule has 0 aliphatic carbocycles. The summed E-state index contributed by atoms with van der Waals surface area (Å²) in [7, 11) is 0. The van der Waals surface area contributed by atoms with Gasteiger partial charge in [0.15, 0.2) is 0 Å². The van der Waals surface area contributed by atoms with Crippen molar-refractivity contribution >= 4 is 17.7 Å².